The van der Waals surface area contributed by atoms with Gasteiger partial charge in [-0.05, 0) is 75.4 Å². The van der Waals surface area contributed by atoms with E-state index in [2.05, 4.69) is 27.0 Å². The van der Waals surface area contributed by atoms with E-state index in [0.717, 1.165) is 64.2 Å². The van der Waals surface area contributed by atoms with Gasteiger partial charge >= 0.3 is 11.9 Å². The third-order valence-corrected chi connectivity index (χ3v) is 8.13. The van der Waals surface area contributed by atoms with Gasteiger partial charge in [0.1, 0.15) is 12.2 Å². The Hall–Kier alpha value is -1.66. The molecule has 37 heavy (non-hydrogen) atoms. The predicted octanol–water partition coefficient (Wildman–Crippen LogP) is 7.00. The van der Waals surface area contributed by atoms with Crippen LogP contribution in [0.2, 0.25) is 0 Å². The van der Waals surface area contributed by atoms with Crippen molar-refractivity contribution >= 4 is 11.9 Å². The number of rotatable bonds is 12. The second-order valence-corrected chi connectivity index (χ2v) is 11.5. The zero-order chi connectivity index (χ0) is 26.8. The molecule has 4 heterocycles. The smallest absolute Gasteiger partial charge is 0.309 e. The lowest BCUT2D eigenvalue weighted by Gasteiger charge is -2.15. The number of unbranched alkanes of at least 4 members (excludes halogenated alkanes) is 2. The van der Waals surface area contributed by atoms with E-state index in [1.807, 2.05) is 6.92 Å². The minimum Gasteiger partial charge on any atom is -0.462 e. The van der Waals surface area contributed by atoms with Crippen molar-refractivity contribution in [2.24, 2.45) is 5.92 Å². The van der Waals surface area contributed by atoms with Crippen molar-refractivity contribution in [1.29, 1.82) is 0 Å². The molecular formula is C31H50O6. The molecule has 7 atom stereocenters. The number of cyclic esters (lactones) is 2. The summed E-state index contributed by atoms with van der Waals surface area (Å²) in [7, 11) is 0. The van der Waals surface area contributed by atoms with Gasteiger partial charge in [-0.15, -0.1) is 0 Å². The molecule has 4 aliphatic heterocycles. The minimum atomic E-state index is -0.0491. The Balaban J connectivity index is 0.000000206. The molecule has 0 spiro atoms. The van der Waals surface area contributed by atoms with Crippen molar-refractivity contribution < 1.29 is 28.5 Å². The summed E-state index contributed by atoms with van der Waals surface area (Å²) < 4.78 is 22.6. The van der Waals surface area contributed by atoms with Gasteiger partial charge in [-0.3, -0.25) is 9.59 Å². The average Bonchev–Trinajstić information content (AvgIpc) is 3.62. The summed E-state index contributed by atoms with van der Waals surface area (Å²) in [4.78, 5) is 22.4. The molecule has 4 rings (SSSR count). The quantitative estimate of drug-likeness (QED) is 0.205. The maximum Gasteiger partial charge on any atom is 0.309 e. The van der Waals surface area contributed by atoms with Crippen LogP contribution in [-0.2, 0) is 28.5 Å². The molecule has 0 saturated carbocycles. The Morgan fingerprint density at radius 1 is 0.730 bits per heavy atom. The Bertz CT molecular complexity index is 776. The maximum absolute atomic E-state index is 11.3. The molecule has 0 bridgehead atoms. The molecule has 2 unspecified atom stereocenters. The highest BCUT2D eigenvalue weighted by atomic mass is 16.6. The molecule has 6 nitrogen and oxygen atoms in total. The summed E-state index contributed by atoms with van der Waals surface area (Å²) in [5.74, 6) is -0.0287. The van der Waals surface area contributed by atoms with Gasteiger partial charge in [0.05, 0.1) is 30.3 Å². The Morgan fingerprint density at radius 2 is 1.27 bits per heavy atom. The molecule has 0 radical (unpaired) electrons. The minimum absolute atomic E-state index is 0.0445. The molecule has 0 amide bonds. The number of ether oxygens (including phenoxy) is 4. The summed E-state index contributed by atoms with van der Waals surface area (Å²) in [6.45, 7) is 14.6. The number of carbonyl (C=O) groups excluding carboxylic acids is 2. The van der Waals surface area contributed by atoms with Crippen LogP contribution in [0.1, 0.15) is 117 Å². The van der Waals surface area contributed by atoms with Crippen molar-refractivity contribution in [3.05, 3.63) is 24.3 Å². The van der Waals surface area contributed by atoms with Gasteiger partial charge in [0.25, 0.3) is 0 Å². The zero-order valence-corrected chi connectivity index (χ0v) is 23.5. The molecule has 4 aliphatic rings. The van der Waals surface area contributed by atoms with Crippen molar-refractivity contribution in [2.45, 2.75) is 154 Å². The van der Waals surface area contributed by atoms with Crippen LogP contribution in [0.5, 0.6) is 0 Å². The lowest BCUT2D eigenvalue weighted by molar-refractivity contribution is -0.144. The first-order chi connectivity index (χ1) is 17.8. The van der Waals surface area contributed by atoms with Crippen LogP contribution in [-0.4, -0.2) is 48.6 Å². The molecule has 0 aliphatic carbocycles. The van der Waals surface area contributed by atoms with E-state index in [4.69, 9.17) is 18.9 Å². The molecule has 210 valence electrons. The molecule has 0 aromatic rings. The number of carbonyl (C=O) groups is 2. The molecule has 4 saturated heterocycles. The second-order valence-electron chi connectivity index (χ2n) is 11.5. The van der Waals surface area contributed by atoms with Crippen molar-refractivity contribution in [3.63, 3.8) is 0 Å². The fraction of sp³-hybridized carbons (Fsp3) is 0.806. The van der Waals surface area contributed by atoms with Crippen LogP contribution in [0.15, 0.2) is 24.3 Å². The van der Waals surface area contributed by atoms with Gasteiger partial charge < -0.3 is 18.9 Å². The zero-order valence-electron chi connectivity index (χ0n) is 23.5. The normalized spacial score (nSPS) is 33.4. The lowest BCUT2D eigenvalue weighted by atomic mass is 9.99. The highest BCUT2D eigenvalue weighted by Gasteiger charge is 2.34. The average molecular weight is 519 g/mol. The fourth-order valence-electron chi connectivity index (χ4n) is 5.81. The molecule has 4 fully saturated rings. The number of hydrogen-bond donors (Lipinski definition) is 0. The van der Waals surface area contributed by atoms with Crippen LogP contribution in [0, 0.1) is 5.92 Å². The van der Waals surface area contributed by atoms with Crippen LogP contribution < -0.4 is 0 Å². The standard InChI is InChI=1S/C16H26O3.C15H24O3/c1-4-5-6-13-9-11(2)15(18-13)8-7-14-10-12(3)16(17)19-14;1-3-4-5-13-10-11(2)14(17-13)8-6-12-7-9-15(16)18-12/h12-15H,2,4-10H2,1,3H3;12-14H,2-10H2,1H3/t12-,13+,14-,15?;12-,13+,14?/m11/s1. The first-order valence-electron chi connectivity index (χ1n) is 14.8. The van der Waals surface area contributed by atoms with E-state index in [9.17, 15) is 9.59 Å². The fourth-order valence-corrected chi connectivity index (χ4v) is 5.81. The highest BCUT2D eigenvalue weighted by Crippen LogP contribution is 2.33. The van der Waals surface area contributed by atoms with Gasteiger partial charge in [0.2, 0.25) is 0 Å². The Labute approximate surface area is 224 Å². The van der Waals surface area contributed by atoms with E-state index < -0.39 is 0 Å². The van der Waals surface area contributed by atoms with E-state index in [1.165, 1.54) is 36.8 Å². The van der Waals surface area contributed by atoms with Crippen LogP contribution >= 0.6 is 0 Å². The summed E-state index contributed by atoms with van der Waals surface area (Å²) in [5, 5.41) is 0. The van der Waals surface area contributed by atoms with Crippen molar-refractivity contribution in [1.82, 2.24) is 0 Å². The van der Waals surface area contributed by atoms with Gasteiger partial charge in [-0.1, -0.05) is 59.6 Å². The maximum atomic E-state index is 11.3. The molecule has 0 aromatic heterocycles. The summed E-state index contributed by atoms with van der Waals surface area (Å²) >= 11 is 0. The van der Waals surface area contributed by atoms with Gasteiger partial charge in [0.15, 0.2) is 0 Å². The summed E-state index contributed by atoms with van der Waals surface area (Å²) in [6.07, 6.45) is 16.5. The first-order valence-corrected chi connectivity index (χ1v) is 14.8. The van der Waals surface area contributed by atoms with Crippen LogP contribution in [0.3, 0.4) is 0 Å². The summed E-state index contributed by atoms with van der Waals surface area (Å²) in [5.41, 5.74) is 2.44. The van der Waals surface area contributed by atoms with Crippen molar-refractivity contribution in [2.75, 3.05) is 0 Å². The third kappa shape index (κ3) is 9.55. The van der Waals surface area contributed by atoms with E-state index >= 15 is 0 Å². The SMILES string of the molecule is C=C1C[C@H](CCCC)OC1CC[C@@H]1CCC(=O)O1.C=C1C[C@H](CCCC)OC1CC[C@@H]1C[C@@H](C)C(=O)O1. The summed E-state index contributed by atoms with van der Waals surface area (Å²) in [6, 6.07) is 0. The van der Waals surface area contributed by atoms with E-state index in [0.29, 0.717) is 18.6 Å². The largest absolute Gasteiger partial charge is 0.462 e. The highest BCUT2D eigenvalue weighted by molar-refractivity contribution is 5.74. The molecule has 6 heteroatoms. The number of hydrogen-bond acceptors (Lipinski definition) is 6. The molecule has 0 N–H and O–H groups in total. The van der Waals surface area contributed by atoms with Gasteiger partial charge in [-0.2, -0.15) is 0 Å². The topological polar surface area (TPSA) is 71.1 Å². The Morgan fingerprint density at radius 3 is 1.70 bits per heavy atom. The van der Waals surface area contributed by atoms with Crippen LogP contribution in [0.25, 0.3) is 0 Å². The molecule has 0 aromatic carbocycles. The van der Waals surface area contributed by atoms with E-state index in [1.54, 1.807) is 0 Å². The molecular weight excluding hydrogens is 468 g/mol. The second kappa shape index (κ2) is 15.1. The van der Waals surface area contributed by atoms with Gasteiger partial charge in [-0.25, -0.2) is 0 Å². The Kier molecular flexibility index (Phi) is 12.2. The third-order valence-electron chi connectivity index (χ3n) is 8.13. The monoisotopic (exact) mass is 518 g/mol. The predicted molar refractivity (Wildman–Crippen MR) is 145 cm³/mol. The lowest BCUT2D eigenvalue weighted by Crippen LogP contribution is -2.15. The van der Waals surface area contributed by atoms with E-state index in [-0.39, 0.29) is 42.3 Å². The van der Waals surface area contributed by atoms with Gasteiger partial charge in [0, 0.05) is 6.42 Å². The first kappa shape index (κ1) is 29.9. The number of esters is 2. The van der Waals surface area contributed by atoms with Crippen LogP contribution in [0.4, 0.5) is 0 Å². The van der Waals surface area contributed by atoms with Crippen molar-refractivity contribution in [3.8, 4) is 0 Å².